The van der Waals surface area contributed by atoms with Crippen molar-refractivity contribution in [3.05, 3.63) is 120 Å². The van der Waals surface area contributed by atoms with Crippen LogP contribution >= 0.6 is 15.9 Å². The van der Waals surface area contributed by atoms with Gasteiger partial charge in [-0.3, -0.25) is 4.90 Å². The first-order chi connectivity index (χ1) is 15.7. The molecule has 5 heteroatoms. The third-order valence-electron chi connectivity index (χ3n) is 4.96. The van der Waals surface area contributed by atoms with Crippen LogP contribution in [0.25, 0.3) is 17.0 Å². The van der Waals surface area contributed by atoms with Gasteiger partial charge in [-0.25, -0.2) is 4.98 Å². The lowest BCUT2D eigenvalue weighted by atomic mass is 10.1. The SMILES string of the molecule is C=C/C=C(\C=C)c1nc(-c2ccccc2)nc(N(C2=CCCC=C2)c2ccccc2Br)n1. The lowest BCUT2D eigenvalue weighted by Gasteiger charge is -2.27. The Morgan fingerprint density at radius 1 is 0.938 bits per heavy atom. The Morgan fingerprint density at radius 3 is 2.41 bits per heavy atom. The van der Waals surface area contributed by atoms with Gasteiger partial charge in [-0.1, -0.05) is 86.0 Å². The Kier molecular flexibility index (Phi) is 6.87. The summed E-state index contributed by atoms with van der Waals surface area (Å²) in [7, 11) is 0. The highest BCUT2D eigenvalue weighted by Crippen LogP contribution is 2.36. The first kappa shape index (κ1) is 21.7. The summed E-state index contributed by atoms with van der Waals surface area (Å²) in [6, 6.07) is 18.0. The molecule has 1 aromatic heterocycles. The summed E-state index contributed by atoms with van der Waals surface area (Å²) in [6.45, 7) is 7.75. The van der Waals surface area contributed by atoms with Crippen LogP contribution in [0.2, 0.25) is 0 Å². The topological polar surface area (TPSA) is 41.9 Å². The Morgan fingerprint density at radius 2 is 1.72 bits per heavy atom. The van der Waals surface area contributed by atoms with Crippen LogP contribution in [0.4, 0.5) is 11.6 Å². The van der Waals surface area contributed by atoms with E-state index in [1.54, 1.807) is 12.2 Å². The van der Waals surface area contributed by atoms with Crippen LogP contribution in [-0.4, -0.2) is 15.0 Å². The highest BCUT2D eigenvalue weighted by molar-refractivity contribution is 9.10. The number of nitrogens with zero attached hydrogens (tertiary/aromatic N) is 4. The van der Waals surface area contributed by atoms with Crippen molar-refractivity contribution in [1.82, 2.24) is 15.0 Å². The second kappa shape index (κ2) is 10.2. The zero-order valence-electron chi connectivity index (χ0n) is 17.7. The van der Waals surface area contributed by atoms with E-state index in [-0.39, 0.29) is 0 Å². The summed E-state index contributed by atoms with van der Waals surface area (Å²) >= 11 is 3.71. The van der Waals surface area contributed by atoms with Crippen molar-refractivity contribution in [1.29, 1.82) is 0 Å². The van der Waals surface area contributed by atoms with Crippen molar-refractivity contribution >= 4 is 33.1 Å². The maximum atomic E-state index is 4.89. The molecule has 0 bridgehead atoms. The summed E-state index contributed by atoms with van der Waals surface area (Å²) < 4.78 is 0.952. The second-order valence-electron chi connectivity index (χ2n) is 7.11. The summed E-state index contributed by atoms with van der Waals surface area (Å²) in [4.78, 5) is 16.6. The van der Waals surface area contributed by atoms with Crippen molar-refractivity contribution in [3.8, 4) is 11.4 Å². The Balaban J connectivity index is 1.98. The third kappa shape index (κ3) is 4.68. The van der Waals surface area contributed by atoms with E-state index in [1.807, 2.05) is 60.7 Å². The summed E-state index contributed by atoms with van der Waals surface area (Å²) in [5.41, 5.74) is 3.67. The summed E-state index contributed by atoms with van der Waals surface area (Å²) in [6.07, 6.45) is 13.8. The van der Waals surface area contributed by atoms with E-state index in [0.717, 1.165) is 39.8 Å². The number of halogens is 1. The summed E-state index contributed by atoms with van der Waals surface area (Å²) in [5.74, 6) is 1.68. The first-order valence-electron chi connectivity index (χ1n) is 10.4. The predicted molar refractivity (Wildman–Crippen MR) is 136 cm³/mol. The van der Waals surface area contributed by atoms with Crippen LogP contribution in [0.5, 0.6) is 0 Å². The molecule has 0 atom stereocenters. The molecule has 0 N–H and O–H groups in total. The number of hydrogen-bond acceptors (Lipinski definition) is 4. The minimum atomic E-state index is 0.537. The normalized spacial score (nSPS) is 13.4. The standard InChI is InChI=1S/C27H23BrN4/c1-3-13-20(4-2)25-29-26(21-14-7-5-8-15-21)31-27(30-25)32(22-16-9-6-10-17-22)24-19-12-11-18-23(24)28/h3-5,7-9,11-19H,1-2,6,10H2/b20-13+. The van der Waals surface area contributed by atoms with E-state index in [4.69, 9.17) is 15.0 Å². The van der Waals surface area contributed by atoms with Crippen LogP contribution in [0.1, 0.15) is 18.7 Å². The molecule has 2 aromatic carbocycles. The number of benzene rings is 2. The Labute approximate surface area is 197 Å². The van der Waals surface area contributed by atoms with Crippen LogP contribution in [0.15, 0.2) is 114 Å². The number of allylic oxidation sites excluding steroid dienone is 7. The highest BCUT2D eigenvalue weighted by atomic mass is 79.9. The quantitative estimate of drug-likeness (QED) is 0.328. The van der Waals surface area contributed by atoms with Gasteiger partial charge in [-0.2, -0.15) is 9.97 Å². The average molecular weight is 483 g/mol. The van der Waals surface area contributed by atoms with Crippen LogP contribution in [-0.2, 0) is 0 Å². The van der Waals surface area contributed by atoms with E-state index in [9.17, 15) is 0 Å². The number of rotatable bonds is 7. The fraction of sp³-hybridized carbons (Fsp3) is 0.0741. The van der Waals surface area contributed by atoms with Crippen molar-refractivity contribution in [3.63, 3.8) is 0 Å². The molecule has 32 heavy (non-hydrogen) atoms. The molecular weight excluding hydrogens is 460 g/mol. The zero-order chi connectivity index (χ0) is 22.3. The van der Waals surface area contributed by atoms with E-state index < -0.39 is 0 Å². The van der Waals surface area contributed by atoms with Crippen LogP contribution in [0.3, 0.4) is 0 Å². The van der Waals surface area contributed by atoms with Crippen molar-refractivity contribution in [2.75, 3.05) is 4.90 Å². The predicted octanol–water partition coefficient (Wildman–Crippen LogP) is 7.43. The van der Waals surface area contributed by atoms with Crippen LogP contribution < -0.4 is 4.90 Å². The lowest BCUT2D eigenvalue weighted by Crippen LogP contribution is -2.20. The molecule has 1 heterocycles. The van der Waals surface area contributed by atoms with Gasteiger partial charge < -0.3 is 0 Å². The third-order valence-corrected chi connectivity index (χ3v) is 5.63. The molecule has 0 fully saturated rings. The molecule has 158 valence electrons. The van der Waals surface area contributed by atoms with Crippen molar-refractivity contribution < 1.29 is 0 Å². The number of para-hydroxylation sites is 1. The minimum Gasteiger partial charge on any atom is -0.278 e. The smallest absolute Gasteiger partial charge is 0.238 e. The Bertz CT molecular complexity index is 1230. The molecule has 0 amide bonds. The van der Waals surface area contributed by atoms with E-state index in [1.165, 1.54) is 0 Å². The lowest BCUT2D eigenvalue weighted by molar-refractivity contribution is 0.948. The fourth-order valence-corrected chi connectivity index (χ4v) is 3.89. The molecule has 4 rings (SSSR count). The van der Waals surface area contributed by atoms with Gasteiger partial charge >= 0.3 is 0 Å². The van der Waals surface area contributed by atoms with Crippen molar-refractivity contribution in [2.24, 2.45) is 0 Å². The molecule has 0 radical (unpaired) electrons. The van der Waals surface area contributed by atoms with Gasteiger partial charge in [0.2, 0.25) is 5.95 Å². The molecule has 0 saturated heterocycles. The minimum absolute atomic E-state index is 0.537. The van der Waals surface area contributed by atoms with Gasteiger partial charge in [0, 0.05) is 21.3 Å². The molecule has 0 unspecified atom stereocenters. The first-order valence-corrected chi connectivity index (χ1v) is 11.2. The van der Waals surface area contributed by atoms with Gasteiger partial charge in [-0.05, 0) is 47.0 Å². The van der Waals surface area contributed by atoms with Gasteiger partial charge in [0.1, 0.15) is 0 Å². The monoisotopic (exact) mass is 482 g/mol. The molecule has 0 aliphatic heterocycles. The van der Waals surface area contributed by atoms with Crippen LogP contribution in [0, 0.1) is 0 Å². The molecule has 1 aliphatic rings. The maximum Gasteiger partial charge on any atom is 0.238 e. The average Bonchev–Trinajstić information content (AvgIpc) is 2.85. The maximum absolute atomic E-state index is 4.89. The molecule has 0 saturated carbocycles. The summed E-state index contributed by atoms with van der Waals surface area (Å²) in [5, 5.41) is 0. The molecule has 1 aliphatic carbocycles. The largest absolute Gasteiger partial charge is 0.278 e. The highest BCUT2D eigenvalue weighted by Gasteiger charge is 2.22. The Hall–Kier alpha value is -3.57. The molecule has 0 spiro atoms. The number of aromatic nitrogens is 3. The molecular formula is C27H23BrN4. The molecule has 4 nitrogen and oxygen atoms in total. The van der Waals surface area contributed by atoms with E-state index >= 15 is 0 Å². The van der Waals surface area contributed by atoms with E-state index in [2.05, 4.69) is 52.2 Å². The fourth-order valence-electron chi connectivity index (χ4n) is 3.43. The van der Waals surface area contributed by atoms with Gasteiger partial charge in [0.05, 0.1) is 5.69 Å². The van der Waals surface area contributed by atoms with E-state index in [0.29, 0.717) is 17.6 Å². The van der Waals surface area contributed by atoms with Gasteiger partial charge in [0.25, 0.3) is 0 Å². The van der Waals surface area contributed by atoms with Gasteiger partial charge in [-0.15, -0.1) is 0 Å². The van der Waals surface area contributed by atoms with Gasteiger partial charge in [0.15, 0.2) is 11.6 Å². The molecule has 3 aromatic rings. The number of hydrogen-bond donors (Lipinski definition) is 0. The second-order valence-corrected chi connectivity index (χ2v) is 7.96. The number of anilines is 2. The zero-order valence-corrected chi connectivity index (χ0v) is 19.2. The van der Waals surface area contributed by atoms with Crippen molar-refractivity contribution in [2.45, 2.75) is 12.8 Å².